The van der Waals surface area contributed by atoms with Gasteiger partial charge in [0.05, 0.1) is 24.6 Å². The molecular formula is C11H21N3O3. The molecule has 0 bridgehead atoms. The Morgan fingerprint density at radius 1 is 1.29 bits per heavy atom. The lowest BCUT2D eigenvalue weighted by molar-refractivity contribution is -0.127. The average Bonchev–Trinajstić information content (AvgIpc) is 2.43. The Hall–Kier alpha value is -1.14. The maximum atomic E-state index is 11.6. The minimum absolute atomic E-state index is 0.172. The van der Waals surface area contributed by atoms with Crippen LogP contribution in [0.25, 0.3) is 0 Å². The summed E-state index contributed by atoms with van der Waals surface area (Å²) in [5.74, 6) is -1.02. The van der Waals surface area contributed by atoms with Crippen LogP contribution < -0.4 is 16.8 Å². The second-order valence-electron chi connectivity index (χ2n) is 4.60. The SMILES string of the molecule is NC(=O)CC(N)C(=O)NC1CCCCCC1O. The van der Waals surface area contributed by atoms with E-state index in [-0.39, 0.29) is 12.5 Å². The summed E-state index contributed by atoms with van der Waals surface area (Å²) in [5.41, 5.74) is 10.5. The van der Waals surface area contributed by atoms with Crippen LogP contribution in [-0.2, 0) is 9.59 Å². The van der Waals surface area contributed by atoms with Crippen LogP contribution in [0.4, 0.5) is 0 Å². The van der Waals surface area contributed by atoms with Gasteiger partial charge in [0, 0.05) is 0 Å². The Kier molecular flexibility index (Phi) is 5.37. The van der Waals surface area contributed by atoms with Crippen LogP contribution in [-0.4, -0.2) is 35.1 Å². The molecule has 1 aliphatic carbocycles. The first-order chi connectivity index (χ1) is 8.00. The van der Waals surface area contributed by atoms with Crippen LogP contribution in [0.5, 0.6) is 0 Å². The fourth-order valence-corrected chi connectivity index (χ4v) is 2.06. The monoisotopic (exact) mass is 243 g/mol. The molecule has 0 aromatic carbocycles. The van der Waals surface area contributed by atoms with E-state index in [0.29, 0.717) is 6.42 Å². The Morgan fingerprint density at radius 2 is 1.94 bits per heavy atom. The molecule has 1 saturated carbocycles. The van der Waals surface area contributed by atoms with Gasteiger partial charge >= 0.3 is 0 Å². The van der Waals surface area contributed by atoms with Gasteiger partial charge in [-0.15, -0.1) is 0 Å². The van der Waals surface area contributed by atoms with Gasteiger partial charge in [-0.05, 0) is 12.8 Å². The molecule has 2 amide bonds. The lowest BCUT2D eigenvalue weighted by Crippen LogP contribution is -2.50. The first-order valence-electron chi connectivity index (χ1n) is 6.03. The lowest BCUT2D eigenvalue weighted by atomic mass is 10.1. The van der Waals surface area contributed by atoms with Crippen molar-refractivity contribution in [1.82, 2.24) is 5.32 Å². The van der Waals surface area contributed by atoms with Crippen LogP contribution in [0.2, 0.25) is 0 Å². The number of carbonyl (C=O) groups excluding carboxylic acids is 2. The zero-order valence-electron chi connectivity index (χ0n) is 9.89. The molecule has 0 saturated heterocycles. The Bertz CT molecular complexity index is 283. The largest absolute Gasteiger partial charge is 0.391 e. The summed E-state index contributed by atoms with van der Waals surface area (Å²) in [4.78, 5) is 22.3. The third kappa shape index (κ3) is 4.70. The smallest absolute Gasteiger partial charge is 0.237 e. The molecule has 1 rings (SSSR count). The highest BCUT2D eigenvalue weighted by molar-refractivity contribution is 5.87. The highest BCUT2D eigenvalue weighted by atomic mass is 16.3. The summed E-state index contributed by atoms with van der Waals surface area (Å²) in [7, 11) is 0. The topological polar surface area (TPSA) is 118 Å². The Balaban J connectivity index is 2.45. The number of hydrogen-bond donors (Lipinski definition) is 4. The maximum absolute atomic E-state index is 11.6. The van der Waals surface area contributed by atoms with E-state index in [0.717, 1.165) is 25.7 Å². The fourth-order valence-electron chi connectivity index (χ4n) is 2.06. The predicted molar refractivity (Wildman–Crippen MR) is 62.8 cm³/mol. The molecule has 0 aromatic rings. The van der Waals surface area contributed by atoms with E-state index in [1.807, 2.05) is 0 Å². The molecule has 3 atom stereocenters. The van der Waals surface area contributed by atoms with Gasteiger partial charge in [0.15, 0.2) is 0 Å². The van der Waals surface area contributed by atoms with Gasteiger partial charge in [-0.2, -0.15) is 0 Å². The second-order valence-corrected chi connectivity index (χ2v) is 4.60. The summed E-state index contributed by atoms with van der Waals surface area (Å²) in [5, 5.41) is 12.5. The minimum Gasteiger partial charge on any atom is -0.391 e. The molecule has 17 heavy (non-hydrogen) atoms. The number of primary amides is 1. The number of nitrogens with one attached hydrogen (secondary N) is 1. The number of rotatable bonds is 4. The van der Waals surface area contributed by atoms with E-state index in [2.05, 4.69) is 5.32 Å². The van der Waals surface area contributed by atoms with Crippen molar-refractivity contribution in [3.05, 3.63) is 0 Å². The summed E-state index contributed by atoms with van der Waals surface area (Å²) >= 11 is 0. The predicted octanol–water partition coefficient (Wildman–Crippen LogP) is -1.00. The average molecular weight is 243 g/mol. The highest BCUT2D eigenvalue weighted by Gasteiger charge is 2.25. The van der Waals surface area contributed by atoms with Crippen LogP contribution in [0.15, 0.2) is 0 Å². The van der Waals surface area contributed by atoms with Gasteiger partial charge < -0.3 is 21.9 Å². The lowest BCUT2D eigenvalue weighted by Gasteiger charge is -2.23. The highest BCUT2D eigenvalue weighted by Crippen LogP contribution is 2.18. The number of nitrogens with two attached hydrogens (primary N) is 2. The van der Waals surface area contributed by atoms with Gasteiger partial charge in [0.2, 0.25) is 11.8 Å². The normalized spacial score (nSPS) is 26.9. The van der Waals surface area contributed by atoms with Gasteiger partial charge in [0.25, 0.3) is 0 Å². The van der Waals surface area contributed by atoms with Crippen molar-refractivity contribution in [3.8, 4) is 0 Å². The van der Waals surface area contributed by atoms with E-state index >= 15 is 0 Å². The van der Waals surface area contributed by atoms with E-state index in [9.17, 15) is 14.7 Å². The zero-order valence-corrected chi connectivity index (χ0v) is 9.89. The van der Waals surface area contributed by atoms with Crippen LogP contribution in [0.1, 0.15) is 38.5 Å². The summed E-state index contributed by atoms with van der Waals surface area (Å²) in [6, 6.07) is -1.19. The Labute approximate surface area is 101 Å². The molecule has 1 aliphatic rings. The van der Waals surface area contributed by atoms with Crippen molar-refractivity contribution in [3.63, 3.8) is 0 Å². The minimum atomic E-state index is -0.928. The zero-order chi connectivity index (χ0) is 12.8. The molecule has 6 nitrogen and oxygen atoms in total. The van der Waals surface area contributed by atoms with Crippen LogP contribution in [0.3, 0.4) is 0 Å². The molecule has 0 aromatic heterocycles. The van der Waals surface area contributed by atoms with E-state index in [1.165, 1.54) is 0 Å². The van der Waals surface area contributed by atoms with Crippen molar-refractivity contribution < 1.29 is 14.7 Å². The molecule has 0 spiro atoms. The molecule has 0 aliphatic heterocycles. The van der Waals surface area contributed by atoms with Gasteiger partial charge in [-0.3, -0.25) is 9.59 Å². The quantitative estimate of drug-likeness (QED) is 0.473. The molecule has 0 radical (unpaired) electrons. The van der Waals surface area contributed by atoms with E-state index < -0.39 is 24.0 Å². The first-order valence-corrected chi connectivity index (χ1v) is 6.03. The number of aliphatic hydroxyl groups excluding tert-OH is 1. The number of amides is 2. The molecule has 6 N–H and O–H groups in total. The van der Waals surface area contributed by atoms with Crippen molar-refractivity contribution in [2.45, 2.75) is 56.7 Å². The Morgan fingerprint density at radius 3 is 2.59 bits per heavy atom. The molecule has 3 unspecified atom stereocenters. The summed E-state index contributed by atoms with van der Waals surface area (Å²) in [6.45, 7) is 0. The van der Waals surface area contributed by atoms with Crippen molar-refractivity contribution in [2.24, 2.45) is 11.5 Å². The molecule has 6 heteroatoms. The maximum Gasteiger partial charge on any atom is 0.237 e. The summed E-state index contributed by atoms with van der Waals surface area (Å²) < 4.78 is 0. The molecule has 1 fully saturated rings. The summed E-state index contributed by atoms with van der Waals surface area (Å²) in [6.07, 6.45) is 3.76. The van der Waals surface area contributed by atoms with Crippen LogP contribution in [0, 0.1) is 0 Å². The van der Waals surface area contributed by atoms with E-state index in [4.69, 9.17) is 11.5 Å². The van der Waals surface area contributed by atoms with Gasteiger partial charge in [-0.25, -0.2) is 0 Å². The molecular weight excluding hydrogens is 222 g/mol. The fraction of sp³-hybridized carbons (Fsp3) is 0.818. The number of carbonyl (C=O) groups is 2. The second kappa shape index (κ2) is 6.56. The third-order valence-electron chi connectivity index (χ3n) is 3.07. The molecule has 0 heterocycles. The van der Waals surface area contributed by atoms with Crippen molar-refractivity contribution >= 4 is 11.8 Å². The number of aliphatic hydroxyl groups is 1. The van der Waals surface area contributed by atoms with E-state index in [1.54, 1.807) is 0 Å². The first kappa shape index (κ1) is 13.9. The van der Waals surface area contributed by atoms with Gasteiger partial charge in [0.1, 0.15) is 0 Å². The van der Waals surface area contributed by atoms with Gasteiger partial charge in [-0.1, -0.05) is 19.3 Å². The van der Waals surface area contributed by atoms with Crippen LogP contribution >= 0.6 is 0 Å². The number of hydrogen-bond acceptors (Lipinski definition) is 4. The standard InChI is InChI=1S/C11H21N3O3/c12-7(6-10(13)16)11(17)14-8-4-2-1-3-5-9(8)15/h7-9,15H,1-6,12H2,(H2,13,16)(H,14,17). The van der Waals surface area contributed by atoms with Crippen molar-refractivity contribution in [2.75, 3.05) is 0 Å². The van der Waals surface area contributed by atoms with Crippen molar-refractivity contribution in [1.29, 1.82) is 0 Å². The third-order valence-corrected chi connectivity index (χ3v) is 3.07. The molecule has 98 valence electrons.